The number of nitrogen functional groups attached to an aromatic ring is 1. The summed E-state index contributed by atoms with van der Waals surface area (Å²) in [5.41, 5.74) is 7.98. The van der Waals surface area contributed by atoms with Crippen LogP contribution in [0.4, 0.5) is 21.5 Å². The normalized spacial score (nSPS) is 10.2. The van der Waals surface area contributed by atoms with Gasteiger partial charge in [0.1, 0.15) is 5.82 Å². The van der Waals surface area contributed by atoms with E-state index in [2.05, 4.69) is 5.32 Å². The second kappa shape index (κ2) is 6.26. The third-order valence-electron chi connectivity index (χ3n) is 3.20. The van der Waals surface area contributed by atoms with E-state index in [0.717, 1.165) is 0 Å². The molecule has 110 valence electrons. The second-order valence-electron chi connectivity index (χ2n) is 4.64. The van der Waals surface area contributed by atoms with Gasteiger partial charge in [0.2, 0.25) is 0 Å². The molecular formula is C16H18FN3O. The molecule has 1 amide bonds. The number of nitrogens with zero attached hydrogens (tertiary/aromatic N) is 1. The topological polar surface area (TPSA) is 58.4 Å². The summed E-state index contributed by atoms with van der Waals surface area (Å²) in [5.74, 6) is -0.503. The van der Waals surface area contributed by atoms with E-state index in [1.165, 1.54) is 6.07 Å². The number of para-hydroxylation sites is 1. The molecule has 5 heteroatoms. The van der Waals surface area contributed by atoms with Gasteiger partial charge >= 0.3 is 0 Å². The predicted octanol–water partition coefficient (Wildman–Crippen LogP) is 2.93. The van der Waals surface area contributed by atoms with Gasteiger partial charge in [-0.05, 0) is 37.3 Å². The monoisotopic (exact) mass is 287 g/mol. The standard InChI is InChI=1S/C16H18FN3O/c1-3-19-16(21)11-8-9-15(13(18)10-11)20(2)14-7-5-4-6-12(14)17/h4-10H,3,18H2,1-2H3,(H,19,21). The molecule has 0 spiro atoms. The lowest BCUT2D eigenvalue weighted by atomic mass is 10.1. The molecule has 0 aliphatic rings. The van der Waals surface area contributed by atoms with Crippen molar-refractivity contribution in [3.63, 3.8) is 0 Å². The first-order valence-electron chi connectivity index (χ1n) is 6.70. The zero-order chi connectivity index (χ0) is 15.4. The van der Waals surface area contributed by atoms with Gasteiger partial charge in [-0.15, -0.1) is 0 Å². The molecule has 0 unspecified atom stereocenters. The number of hydrogen-bond donors (Lipinski definition) is 2. The van der Waals surface area contributed by atoms with Crippen LogP contribution in [-0.4, -0.2) is 19.5 Å². The lowest BCUT2D eigenvalue weighted by molar-refractivity contribution is 0.0956. The minimum atomic E-state index is -0.327. The molecule has 2 aromatic carbocycles. The van der Waals surface area contributed by atoms with E-state index >= 15 is 0 Å². The smallest absolute Gasteiger partial charge is 0.251 e. The van der Waals surface area contributed by atoms with E-state index in [9.17, 15) is 9.18 Å². The fourth-order valence-electron chi connectivity index (χ4n) is 2.12. The molecule has 2 rings (SSSR count). The molecule has 0 atom stereocenters. The minimum Gasteiger partial charge on any atom is -0.397 e. The van der Waals surface area contributed by atoms with Crippen molar-refractivity contribution in [2.75, 3.05) is 24.2 Å². The average Bonchev–Trinajstić information content (AvgIpc) is 2.47. The Hall–Kier alpha value is -2.56. The number of halogens is 1. The third-order valence-corrected chi connectivity index (χ3v) is 3.20. The van der Waals surface area contributed by atoms with Crippen LogP contribution in [0.5, 0.6) is 0 Å². The van der Waals surface area contributed by atoms with Crippen molar-refractivity contribution in [3.8, 4) is 0 Å². The highest BCUT2D eigenvalue weighted by Crippen LogP contribution is 2.31. The van der Waals surface area contributed by atoms with E-state index in [1.54, 1.807) is 48.3 Å². The Labute approximate surface area is 123 Å². The molecule has 0 bridgehead atoms. The number of nitrogens with one attached hydrogen (secondary N) is 1. The molecule has 3 N–H and O–H groups in total. The van der Waals surface area contributed by atoms with Gasteiger partial charge in [0, 0.05) is 19.2 Å². The molecule has 0 aliphatic carbocycles. The molecule has 0 radical (unpaired) electrons. The van der Waals surface area contributed by atoms with Gasteiger partial charge in [-0.25, -0.2) is 4.39 Å². The highest BCUT2D eigenvalue weighted by atomic mass is 19.1. The van der Waals surface area contributed by atoms with Gasteiger partial charge in [-0.1, -0.05) is 12.1 Å². The lowest BCUT2D eigenvalue weighted by Crippen LogP contribution is -2.23. The van der Waals surface area contributed by atoms with E-state index in [1.807, 2.05) is 6.92 Å². The summed E-state index contributed by atoms with van der Waals surface area (Å²) in [5, 5.41) is 2.71. The number of amides is 1. The number of carbonyl (C=O) groups excluding carboxylic acids is 1. The van der Waals surface area contributed by atoms with Crippen LogP contribution in [0.3, 0.4) is 0 Å². The summed E-state index contributed by atoms with van der Waals surface area (Å²) in [7, 11) is 1.73. The summed E-state index contributed by atoms with van der Waals surface area (Å²) in [6.07, 6.45) is 0. The number of nitrogens with two attached hydrogens (primary N) is 1. The molecule has 0 fully saturated rings. The van der Waals surface area contributed by atoms with Gasteiger partial charge in [-0.3, -0.25) is 4.79 Å². The Balaban J connectivity index is 2.33. The number of hydrogen-bond acceptors (Lipinski definition) is 3. The second-order valence-corrected chi connectivity index (χ2v) is 4.64. The maximum atomic E-state index is 13.8. The molecule has 0 heterocycles. The first-order chi connectivity index (χ1) is 10.0. The molecular weight excluding hydrogens is 269 g/mol. The van der Waals surface area contributed by atoms with Crippen molar-refractivity contribution in [3.05, 3.63) is 53.8 Å². The van der Waals surface area contributed by atoms with Crippen LogP contribution in [0.2, 0.25) is 0 Å². The molecule has 0 aromatic heterocycles. The van der Waals surface area contributed by atoms with E-state index < -0.39 is 0 Å². The van der Waals surface area contributed by atoms with Crippen molar-refractivity contribution < 1.29 is 9.18 Å². The Morgan fingerprint density at radius 3 is 2.57 bits per heavy atom. The molecule has 0 aliphatic heterocycles. The molecule has 0 saturated heterocycles. The SMILES string of the molecule is CCNC(=O)c1ccc(N(C)c2ccccc2F)c(N)c1. The Bertz CT molecular complexity index is 658. The first kappa shape index (κ1) is 14.8. The predicted molar refractivity (Wildman–Crippen MR) is 83.3 cm³/mol. The minimum absolute atomic E-state index is 0.177. The van der Waals surface area contributed by atoms with Crippen LogP contribution in [0, 0.1) is 5.82 Å². The van der Waals surface area contributed by atoms with E-state index in [4.69, 9.17) is 5.73 Å². The van der Waals surface area contributed by atoms with Gasteiger partial charge in [0.15, 0.2) is 0 Å². The summed E-state index contributed by atoms with van der Waals surface area (Å²) in [4.78, 5) is 13.4. The summed E-state index contributed by atoms with van der Waals surface area (Å²) >= 11 is 0. The Morgan fingerprint density at radius 2 is 1.95 bits per heavy atom. The highest BCUT2D eigenvalue weighted by Gasteiger charge is 2.13. The fourth-order valence-corrected chi connectivity index (χ4v) is 2.12. The number of rotatable bonds is 4. The van der Waals surface area contributed by atoms with Crippen LogP contribution in [0.15, 0.2) is 42.5 Å². The molecule has 4 nitrogen and oxygen atoms in total. The van der Waals surface area contributed by atoms with Gasteiger partial charge in [-0.2, -0.15) is 0 Å². The summed E-state index contributed by atoms with van der Waals surface area (Å²) in [6, 6.07) is 11.4. The van der Waals surface area contributed by atoms with Crippen LogP contribution >= 0.6 is 0 Å². The van der Waals surface area contributed by atoms with Crippen molar-refractivity contribution >= 4 is 23.0 Å². The number of anilines is 3. The van der Waals surface area contributed by atoms with Crippen molar-refractivity contribution in [2.24, 2.45) is 0 Å². The maximum absolute atomic E-state index is 13.8. The zero-order valence-corrected chi connectivity index (χ0v) is 12.1. The van der Waals surface area contributed by atoms with Gasteiger partial charge in [0.05, 0.1) is 17.1 Å². The molecule has 0 saturated carbocycles. The van der Waals surface area contributed by atoms with Crippen molar-refractivity contribution in [1.82, 2.24) is 5.32 Å². The van der Waals surface area contributed by atoms with Crippen molar-refractivity contribution in [1.29, 1.82) is 0 Å². The average molecular weight is 287 g/mol. The number of benzene rings is 2. The highest BCUT2D eigenvalue weighted by molar-refractivity contribution is 5.96. The van der Waals surface area contributed by atoms with Gasteiger partial charge < -0.3 is 16.0 Å². The lowest BCUT2D eigenvalue weighted by Gasteiger charge is -2.22. The number of carbonyl (C=O) groups is 1. The van der Waals surface area contributed by atoms with E-state index in [-0.39, 0.29) is 11.7 Å². The quantitative estimate of drug-likeness (QED) is 0.850. The fraction of sp³-hybridized carbons (Fsp3) is 0.188. The maximum Gasteiger partial charge on any atom is 0.251 e. The summed E-state index contributed by atoms with van der Waals surface area (Å²) < 4.78 is 13.8. The van der Waals surface area contributed by atoms with E-state index in [0.29, 0.717) is 29.2 Å². The first-order valence-corrected chi connectivity index (χ1v) is 6.70. The zero-order valence-electron chi connectivity index (χ0n) is 12.1. The van der Waals surface area contributed by atoms with Crippen molar-refractivity contribution in [2.45, 2.75) is 6.92 Å². The van der Waals surface area contributed by atoms with Crippen LogP contribution in [-0.2, 0) is 0 Å². The largest absolute Gasteiger partial charge is 0.397 e. The summed E-state index contributed by atoms with van der Waals surface area (Å²) in [6.45, 7) is 2.40. The Kier molecular flexibility index (Phi) is 4.42. The molecule has 2 aromatic rings. The Morgan fingerprint density at radius 1 is 1.24 bits per heavy atom. The van der Waals surface area contributed by atoms with Crippen LogP contribution in [0.1, 0.15) is 17.3 Å². The van der Waals surface area contributed by atoms with Gasteiger partial charge in [0.25, 0.3) is 5.91 Å². The van der Waals surface area contributed by atoms with Crippen LogP contribution in [0.25, 0.3) is 0 Å². The third kappa shape index (κ3) is 3.13. The molecule has 21 heavy (non-hydrogen) atoms. The van der Waals surface area contributed by atoms with Crippen LogP contribution < -0.4 is 16.0 Å².